The fraction of sp³-hybridized carbons (Fsp3) is 0.273. The zero-order chi connectivity index (χ0) is 22.7. The van der Waals surface area contributed by atoms with E-state index in [-0.39, 0.29) is 22.2 Å². The molecule has 1 amide bonds. The van der Waals surface area contributed by atoms with Crippen molar-refractivity contribution >= 4 is 44.2 Å². The third-order valence-corrected chi connectivity index (χ3v) is 7.35. The van der Waals surface area contributed by atoms with Crippen LogP contribution in [-0.2, 0) is 14.8 Å². The molecule has 10 heteroatoms. The minimum absolute atomic E-state index is 0.0737. The van der Waals surface area contributed by atoms with Crippen molar-refractivity contribution in [3.63, 3.8) is 0 Å². The van der Waals surface area contributed by atoms with Gasteiger partial charge < -0.3 is 14.5 Å². The molecule has 1 fully saturated rings. The second kappa shape index (κ2) is 9.32. The molecule has 1 N–H and O–H groups in total. The second-order valence-electron chi connectivity index (χ2n) is 7.40. The number of anilines is 1. The van der Waals surface area contributed by atoms with Crippen LogP contribution in [-0.4, -0.2) is 38.3 Å². The Bertz CT molecular complexity index is 1320. The van der Waals surface area contributed by atoms with E-state index in [1.54, 1.807) is 18.2 Å². The first-order valence-corrected chi connectivity index (χ1v) is 11.9. The number of sulfonamides is 1. The Hall–Kier alpha value is -2.88. The largest absolute Gasteiger partial charge is 0.484 e. The molecule has 1 saturated heterocycles. The molecule has 0 radical (unpaired) electrons. The molecule has 3 aromatic rings. The maximum absolute atomic E-state index is 12.9. The van der Waals surface area contributed by atoms with E-state index in [9.17, 15) is 18.0 Å². The maximum atomic E-state index is 12.9. The van der Waals surface area contributed by atoms with E-state index in [0.717, 1.165) is 24.6 Å². The van der Waals surface area contributed by atoms with Crippen molar-refractivity contribution in [2.75, 3.05) is 25.0 Å². The van der Waals surface area contributed by atoms with Gasteiger partial charge in [-0.15, -0.1) is 0 Å². The SMILES string of the molecule is O=C(COc1ccc2ccc(=O)oc2c1)Nc1cc(S(=O)(=O)N2CCCCC2)ccc1Cl. The Morgan fingerprint density at radius 1 is 1.06 bits per heavy atom. The lowest BCUT2D eigenvalue weighted by Crippen LogP contribution is -2.35. The summed E-state index contributed by atoms with van der Waals surface area (Å²) < 4.78 is 37.8. The van der Waals surface area contributed by atoms with Crippen LogP contribution in [0.15, 0.2) is 62.6 Å². The van der Waals surface area contributed by atoms with Gasteiger partial charge in [0.05, 0.1) is 15.6 Å². The van der Waals surface area contributed by atoms with Crippen molar-refractivity contribution in [1.82, 2.24) is 4.31 Å². The number of piperidine rings is 1. The smallest absolute Gasteiger partial charge is 0.336 e. The molecule has 0 aliphatic carbocycles. The zero-order valence-electron chi connectivity index (χ0n) is 17.0. The van der Waals surface area contributed by atoms with Crippen LogP contribution in [0.25, 0.3) is 11.0 Å². The quantitative estimate of drug-likeness (QED) is 0.544. The lowest BCUT2D eigenvalue weighted by atomic mass is 10.2. The maximum Gasteiger partial charge on any atom is 0.336 e. The molecule has 1 aliphatic heterocycles. The number of nitrogens with zero attached hydrogens (tertiary/aromatic N) is 1. The number of fused-ring (bicyclic) bond motifs is 1. The van der Waals surface area contributed by atoms with Gasteiger partial charge in [-0.1, -0.05) is 18.0 Å². The van der Waals surface area contributed by atoms with Gasteiger partial charge in [-0.25, -0.2) is 13.2 Å². The number of ether oxygens (including phenoxy) is 1. The van der Waals surface area contributed by atoms with Crippen LogP contribution in [0.2, 0.25) is 5.02 Å². The van der Waals surface area contributed by atoms with Crippen LogP contribution in [0.4, 0.5) is 5.69 Å². The summed E-state index contributed by atoms with van der Waals surface area (Å²) in [5.41, 5.74) is 0.0401. The summed E-state index contributed by atoms with van der Waals surface area (Å²) in [6.45, 7) is 0.612. The Labute approximate surface area is 189 Å². The van der Waals surface area contributed by atoms with Crippen molar-refractivity contribution in [2.45, 2.75) is 24.2 Å². The minimum Gasteiger partial charge on any atom is -0.484 e. The molecule has 0 spiro atoms. The van der Waals surface area contributed by atoms with E-state index >= 15 is 0 Å². The van der Waals surface area contributed by atoms with Crippen molar-refractivity contribution in [3.8, 4) is 5.75 Å². The lowest BCUT2D eigenvalue weighted by molar-refractivity contribution is -0.118. The fourth-order valence-electron chi connectivity index (χ4n) is 3.48. The van der Waals surface area contributed by atoms with Crippen LogP contribution in [0.3, 0.4) is 0 Å². The van der Waals surface area contributed by atoms with Crippen LogP contribution in [0.1, 0.15) is 19.3 Å². The Morgan fingerprint density at radius 3 is 2.59 bits per heavy atom. The zero-order valence-corrected chi connectivity index (χ0v) is 18.6. The molecular weight excluding hydrogens is 456 g/mol. The van der Waals surface area contributed by atoms with Crippen molar-refractivity contribution in [2.24, 2.45) is 0 Å². The highest BCUT2D eigenvalue weighted by molar-refractivity contribution is 7.89. The van der Waals surface area contributed by atoms with Crippen LogP contribution in [0.5, 0.6) is 5.75 Å². The Morgan fingerprint density at radius 2 is 1.81 bits per heavy atom. The predicted molar refractivity (Wildman–Crippen MR) is 121 cm³/mol. The molecule has 1 aromatic heterocycles. The van der Waals surface area contributed by atoms with E-state index < -0.39 is 21.6 Å². The number of amides is 1. The average Bonchev–Trinajstić information content (AvgIpc) is 2.79. The van der Waals surface area contributed by atoms with Gasteiger partial charge in [0.1, 0.15) is 11.3 Å². The highest BCUT2D eigenvalue weighted by atomic mass is 35.5. The minimum atomic E-state index is -3.66. The number of hydrogen-bond acceptors (Lipinski definition) is 6. The topological polar surface area (TPSA) is 106 Å². The van der Waals surface area contributed by atoms with Gasteiger partial charge in [0.2, 0.25) is 10.0 Å². The number of hydrogen-bond donors (Lipinski definition) is 1. The molecule has 32 heavy (non-hydrogen) atoms. The molecule has 0 unspecified atom stereocenters. The highest BCUT2D eigenvalue weighted by Crippen LogP contribution is 2.28. The molecule has 0 atom stereocenters. The van der Waals surface area contributed by atoms with E-state index in [1.807, 2.05) is 0 Å². The molecule has 1 aliphatic rings. The summed E-state index contributed by atoms with van der Waals surface area (Å²) in [6.07, 6.45) is 2.66. The van der Waals surface area contributed by atoms with Gasteiger partial charge >= 0.3 is 5.63 Å². The predicted octanol–water partition coefficient (Wildman–Crippen LogP) is 3.64. The number of rotatable bonds is 6. The van der Waals surface area contributed by atoms with Crippen LogP contribution < -0.4 is 15.7 Å². The van der Waals surface area contributed by atoms with E-state index in [2.05, 4.69) is 5.32 Å². The standard InChI is InChI=1S/C22H21ClN2O6S/c23-18-8-7-17(32(28,29)25-10-2-1-3-11-25)13-19(18)24-21(26)14-30-16-6-4-15-5-9-22(27)31-20(15)12-16/h4-9,12-13H,1-3,10-11,14H2,(H,24,26). The monoisotopic (exact) mass is 476 g/mol. The van der Waals surface area contributed by atoms with Gasteiger partial charge in [-0.3, -0.25) is 4.79 Å². The molecule has 2 aromatic carbocycles. The number of halogens is 1. The molecule has 0 saturated carbocycles. The highest BCUT2D eigenvalue weighted by Gasteiger charge is 2.26. The third-order valence-electron chi connectivity index (χ3n) is 5.13. The van der Waals surface area contributed by atoms with Gasteiger partial charge in [-0.2, -0.15) is 4.31 Å². The summed E-state index contributed by atoms with van der Waals surface area (Å²) >= 11 is 6.17. The molecule has 4 rings (SSSR count). The molecule has 168 valence electrons. The van der Waals surface area contributed by atoms with Crippen molar-refractivity contribution in [1.29, 1.82) is 0 Å². The van der Waals surface area contributed by atoms with Crippen LogP contribution in [0, 0.1) is 0 Å². The number of carbonyl (C=O) groups excluding carboxylic acids is 1. The summed E-state index contributed by atoms with van der Waals surface area (Å²) in [6, 6.07) is 12.1. The Balaban J connectivity index is 1.45. The summed E-state index contributed by atoms with van der Waals surface area (Å²) in [7, 11) is -3.66. The van der Waals surface area contributed by atoms with Crippen molar-refractivity contribution in [3.05, 3.63) is 64.0 Å². The molecule has 8 nitrogen and oxygen atoms in total. The first kappa shape index (κ1) is 22.3. The Kier molecular flexibility index (Phi) is 6.50. The first-order valence-electron chi connectivity index (χ1n) is 10.1. The number of nitrogens with one attached hydrogen (secondary N) is 1. The third kappa shape index (κ3) is 4.95. The molecule has 2 heterocycles. The van der Waals surface area contributed by atoms with Crippen LogP contribution >= 0.6 is 11.6 Å². The van der Waals surface area contributed by atoms with Crippen molar-refractivity contribution < 1.29 is 22.4 Å². The second-order valence-corrected chi connectivity index (χ2v) is 9.74. The van der Waals surface area contributed by atoms with E-state index in [1.165, 1.54) is 34.6 Å². The van der Waals surface area contributed by atoms with Gasteiger partial charge in [0.15, 0.2) is 6.61 Å². The lowest BCUT2D eigenvalue weighted by Gasteiger charge is -2.26. The van der Waals surface area contributed by atoms with Gasteiger partial charge in [0.25, 0.3) is 5.91 Å². The van der Waals surface area contributed by atoms with E-state index in [4.69, 9.17) is 20.8 Å². The first-order chi connectivity index (χ1) is 15.3. The summed E-state index contributed by atoms with van der Waals surface area (Å²) in [5, 5.41) is 3.52. The number of benzene rings is 2. The van der Waals surface area contributed by atoms with Gasteiger partial charge in [0, 0.05) is 30.6 Å². The normalized spacial score (nSPS) is 14.9. The average molecular weight is 477 g/mol. The fourth-order valence-corrected chi connectivity index (χ4v) is 5.19. The summed E-state index contributed by atoms with van der Waals surface area (Å²) in [5.74, 6) is -0.177. The number of carbonyl (C=O) groups is 1. The van der Waals surface area contributed by atoms with Gasteiger partial charge in [-0.05, 0) is 49.2 Å². The molecule has 0 bridgehead atoms. The van der Waals surface area contributed by atoms with E-state index in [0.29, 0.717) is 24.4 Å². The summed E-state index contributed by atoms with van der Waals surface area (Å²) in [4.78, 5) is 23.8. The molecular formula is C22H21ClN2O6S.